The van der Waals surface area contributed by atoms with Gasteiger partial charge in [-0.15, -0.1) is 0 Å². The summed E-state index contributed by atoms with van der Waals surface area (Å²) in [6.45, 7) is 1.29. The van der Waals surface area contributed by atoms with Gasteiger partial charge in [0.15, 0.2) is 17.2 Å². The number of benzene rings is 2. The maximum atomic E-state index is 14.0. The van der Waals surface area contributed by atoms with Crippen LogP contribution in [-0.4, -0.2) is 60.3 Å². The van der Waals surface area contributed by atoms with Crippen LogP contribution in [0.1, 0.15) is 44.3 Å². The number of nitrogens with one attached hydrogen (secondary N) is 1. The summed E-state index contributed by atoms with van der Waals surface area (Å²) in [4.78, 5) is 52.8. The first-order valence-electron chi connectivity index (χ1n) is 11.8. The number of carbonyl (C=O) groups excluding carboxylic acids is 4. The van der Waals surface area contributed by atoms with Crippen molar-refractivity contribution in [1.82, 2.24) is 14.6 Å². The molecular formula is C26H29N5O7S. The smallest absolute Gasteiger partial charge is 0.325 e. The number of rotatable bonds is 12. The molecule has 0 radical (unpaired) electrons. The number of nitrogen functional groups attached to an aromatic ring is 1. The molecule has 0 bridgehead atoms. The van der Waals surface area contributed by atoms with E-state index in [0.29, 0.717) is 22.8 Å². The maximum Gasteiger partial charge on any atom is 0.325 e. The van der Waals surface area contributed by atoms with Crippen molar-refractivity contribution in [3.8, 4) is 11.5 Å². The molecule has 0 spiro atoms. The van der Waals surface area contributed by atoms with Gasteiger partial charge >= 0.3 is 5.97 Å². The van der Waals surface area contributed by atoms with Gasteiger partial charge < -0.3 is 35.9 Å². The summed E-state index contributed by atoms with van der Waals surface area (Å²) in [5.41, 5.74) is 12.0. The Labute approximate surface area is 229 Å². The highest BCUT2D eigenvalue weighted by Gasteiger charge is 2.37. The molecule has 1 atom stereocenters. The average molecular weight is 556 g/mol. The van der Waals surface area contributed by atoms with Gasteiger partial charge in [0.1, 0.15) is 17.5 Å². The Morgan fingerprint density at radius 1 is 1.05 bits per heavy atom. The fourth-order valence-electron chi connectivity index (χ4n) is 3.87. The number of ether oxygens (including phenoxy) is 3. The maximum absolute atomic E-state index is 14.0. The topological polar surface area (TPSA) is 176 Å². The number of nitrogens with zero attached hydrogens (tertiary/aromatic N) is 2. The van der Waals surface area contributed by atoms with Gasteiger partial charge in [-0.1, -0.05) is 42.5 Å². The number of anilines is 1. The molecular weight excluding hydrogens is 526 g/mol. The molecule has 39 heavy (non-hydrogen) atoms. The van der Waals surface area contributed by atoms with Crippen LogP contribution in [0.15, 0.2) is 48.5 Å². The predicted molar refractivity (Wildman–Crippen MR) is 143 cm³/mol. The second-order valence-corrected chi connectivity index (χ2v) is 8.84. The number of amides is 3. The summed E-state index contributed by atoms with van der Waals surface area (Å²) in [5.74, 6) is -2.41. The lowest BCUT2D eigenvalue weighted by Crippen LogP contribution is -2.45. The molecule has 0 aliphatic heterocycles. The summed E-state index contributed by atoms with van der Waals surface area (Å²) >= 11 is 0.689. The molecule has 3 rings (SSSR count). The molecule has 0 fully saturated rings. The van der Waals surface area contributed by atoms with E-state index < -0.39 is 36.3 Å². The summed E-state index contributed by atoms with van der Waals surface area (Å²) < 4.78 is 19.9. The Kier molecular flexibility index (Phi) is 9.81. The fourth-order valence-corrected chi connectivity index (χ4v) is 4.63. The molecule has 0 unspecified atom stereocenters. The zero-order valence-corrected chi connectivity index (χ0v) is 22.4. The molecule has 0 saturated heterocycles. The van der Waals surface area contributed by atoms with Crippen LogP contribution in [0.25, 0.3) is 0 Å². The van der Waals surface area contributed by atoms with Crippen molar-refractivity contribution >= 4 is 40.9 Å². The number of methoxy groups -OCH3 is 2. The standard InChI is InChI=1S/C26H29N5O7S/c1-4-38-18(32)13-29-25(34)21(16-11-8-12-17(36-2)22(16)37-3)31(14-15-9-6-5-7-10-15)26(35)23-19(27)20(24(28)33)30-39-23/h5-12,21H,4,13-14,27H2,1-3H3,(H2,28,33)(H,29,34)/t21-/m1/s1. The van der Waals surface area contributed by atoms with Gasteiger partial charge in [-0.3, -0.25) is 19.2 Å². The monoisotopic (exact) mass is 555 g/mol. The number of esters is 1. The van der Waals surface area contributed by atoms with Gasteiger partial charge in [-0.05, 0) is 30.1 Å². The molecule has 1 aromatic heterocycles. The number of para-hydroxylation sites is 1. The lowest BCUT2D eigenvalue weighted by atomic mass is 10.0. The number of hydrogen-bond acceptors (Lipinski definition) is 10. The van der Waals surface area contributed by atoms with Crippen LogP contribution in [0.3, 0.4) is 0 Å². The summed E-state index contributed by atoms with van der Waals surface area (Å²) in [5, 5.41) is 2.54. The third-order valence-electron chi connectivity index (χ3n) is 5.61. The molecule has 5 N–H and O–H groups in total. The highest BCUT2D eigenvalue weighted by molar-refractivity contribution is 7.09. The molecule has 0 saturated carbocycles. The fraction of sp³-hybridized carbons (Fsp3) is 0.269. The summed E-state index contributed by atoms with van der Waals surface area (Å²) in [6.07, 6.45) is 0. The Morgan fingerprint density at radius 3 is 2.36 bits per heavy atom. The second-order valence-electron chi connectivity index (χ2n) is 8.06. The summed E-state index contributed by atoms with van der Waals surface area (Å²) in [6, 6.07) is 12.5. The van der Waals surface area contributed by atoms with Crippen molar-refractivity contribution < 1.29 is 33.4 Å². The predicted octanol–water partition coefficient (Wildman–Crippen LogP) is 1.90. The lowest BCUT2D eigenvalue weighted by Gasteiger charge is -2.32. The molecule has 2 aromatic carbocycles. The third kappa shape index (κ3) is 6.62. The quantitative estimate of drug-likeness (QED) is 0.282. The first-order valence-corrected chi connectivity index (χ1v) is 12.5. The normalized spacial score (nSPS) is 11.3. The number of primary amides is 1. The van der Waals surface area contributed by atoms with Crippen LogP contribution in [0.2, 0.25) is 0 Å². The van der Waals surface area contributed by atoms with E-state index >= 15 is 0 Å². The molecule has 1 heterocycles. The third-order valence-corrected chi connectivity index (χ3v) is 6.46. The second kappa shape index (κ2) is 13.2. The minimum absolute atomic E-state index is 0.0548. The van der Waals surface area contributed by atoms with E-state index in [-0.39, 0.29) is 40.7 Å². The number of aromatic nitrogens is 1. The van der Waals surface area contributed by atoms with E-state index in [1.165, 1.54) is 19.1 Å². The number of carbonyl (C=O) groups is 4. The largest absolute Gasteiger partial charge is 0.493 e. The van der Waals surface area contributed by atoms with Gasteiger partial charge in [-0.25, -0.2) is 0 Å². The molecule has 12 nitrogen and oxygen atoms in total. The van der Waals surface area contributed by atoms with Crippen LogP contribution in [0.4, 0.5) is 5.69 Å². The Bertz CT molecular complexity index is 1350. The van der Waals surface area contributed by atoms with Crippen molar-refractivity contribution in [2.75, 3.05) is 33.1 Å². The van der Waals surface area contributed by atoms with E-state index in [0.717, 1.165) is 0 Å². The zero-order chi connectivity index (χ0) is 28.5. The van der Waals surface area contributed by atoms with Crippen LogP contribution in [0, 0.1) is 0 Å². The Hall–Kier alpha value is -4.65. The van der Waals surface area contributed by atoms with Gasteiger partial charge in [0.25, 0.3) is 11.8 Å². The average Bonchev–Trinajstić information content (AvgIpc) is 3.33. The number of hydrogen-bond donors (Lipinski definition) is 3. The SMILES string of the molecule is CCOC(=O)CNC(=O)[C@@H](c1cccc(OC)c1OC)N(Cc1ccccc1)C(=O)c1snc(C(N)=O)c1N. The highest BCUT2D eigenvalue weighted by Crippen LogP contribution is 2.39. The van der Waals surface area contributed by atoms with Crippen molar-refractivity contribution in [1.29, 1.82) is 0 Å². The van der Waals surface area contributed by atoms with Crippen LogP contribution >= 0.6 is 11.5 Å². The van der Waals surface area contributed by atoms with Gasteiger partial charge in [0.2, 0.25) is 5.91 Å². The van der Waals surface area contributed by atoms with Crippen LogP contribution in [0.5, 0.6) is 11.5 Å². The minimum Gasteiger partial charge on any atom is -0.493 e. The molecule has 3 aromatic rings. The Morgan fingerprint density at radius 2 is 1.77 bits per heavy atom. The van der Waals surface area contributed by atoms with Crippen molar-refractivity contribution in [2.45, 2.75) is 19.5 Å². The Balaban J connectivity index is 2.19. The van der Waals surface area contributed by atoms with E-state index in [9.17, 15) is 19.2 Å². The van der Waals surface area contributed by atoms with Crippen LogP contribution in [-0.2, 0) is 20.9 Å². The van der Waals surface area contributed by atoms with E-state index in [1.54, 1.807) is 49.4 Å². The first kappa shape index (κ1) is 28.9. The van der Waals surface area contributed by atoms with Crippen LogP contribution < -0.4 is 26.3 Å². The molecule has 3 amide bonds. The highest BCUT2D eigenvalue weighted by atomic mass is 32.1. The van der Waals surface area contributed by atoms with Crippen molar-refractivity contribution in [3.05, 3.63) is 70.2 Å². The van der Waals surface area contributed by atoms with E-state index in [1.807, 2.05) is 6.07 Å². The minimum atomic E-state index is -1.34. The van der Waals surface area contributed by atoms with Gasteiger partial charge in [0.05, 0.1) is 26.5 Å². The lowest BCUT2D eigenvalue weighted by molar-refractivity contribution is -0.143. The number of nitrogens with two attached hydrogens (primary N) is 2. The van der Waals surface area contributed by atoms with E-state index in [2.05, 4.69) is 9.69 Å². The van der Waals surface area contributed by atoms with E-state index in [4.69, 9.17) is 25.7 Å². The summed E-state index contributed by atoms with van der Waals surface area (Å²) in [7, 11) is 2.84. The molecule has 0 aliphatic carbocycles. The zero-order valence-electron chi connectivity index (χ0n) is 21.6. The molecule has 0 aliphatic rings. The van der Waals surface area contributed by atoms with Gasteiger partial charge in [-0.2, -0.15) is 4.37 Å². The van der Waals surface area contributed by atoms with Crippen molar-refractivity contribution in [3.63, 3.8) is 0 Å². The van der Waals surface area contributed by atoms with Gasteiger partial charge in [0, 0.05) is 12.1 Å². The molecule has 206 valence electrons. The molecule has 13 heteroatoms. The van der Waals surface area contributed by atoms with Crippen molar-refractivity contribution in [2.24, 2.45) is 5.73 Å². The first-order chi connectivity index (χ1) is 18.7.